The zero-order valence-electron chi connectivity index (χ0n) is 19.8. The first-order valence-corrected chi connectivity index (χ1v) is 11.8. The number of hydrogen-bond donors (Lipinski definition) is 3. The van der Waals surface area contributed by atoms with Crippen molar-refractivity contribution in [1.82, 2.24) is 10.3 Å². The Morgan fingerprint density at radius 1 is 1.11 bits per heavy atom. The number of hydrogen-bond acceptors (Lipinski definition) is 6. The Labute approximate surface area is 209 Å². The first kappa shape index (κ1) is 24.2. The van der Waals surface area contributed by atoms with Gasteiger partial charge in [0.25, 0.3) is 5.91 Å². The number of nitrogens with one attached hydrogen (secondary N) is 2. The summed E-state index contributed by atoms with van der Waals surface area (Å²) in [6.45, 7) is 6.82. The van der Waals surface area contributed by atoms with Gasteiger partial charge in [0.05, 0.1) is 12.2 Å². The monoisotopic (exact) mass is 489 g/mol. The van der Waals surface area contributed by atoms with E-state index in [1.165, 1.54) is 6.07 Å². The van der Waals surface area contributed by atoms with Gasteiger partial charge in [0.2, 0.25) is 5.89 Å². The molecule has 1 amide bonds. The number of carbonyl (C=O) groups is 1. The Kier molecular flexibility index (Phi) is 7.31. The highest BCUT2D eigenvalue weighted by Gasteiger charge is 2.14. The molecule has 0 atom stereocenters. The van der Waals surface area contributed by atoms with Crippen molar-refractivity contribution < 1.29 is 19.1 Å². The Balaban J connectivity index is 1.39. The normalized spacial score (nSPS) is 11.0. The van der Waals surface area contributed by atoms with Crippen LogP contribution in [0.1, 0.15) is 36.7 Å². The fourth-order valence-corrected chi connectivity index (χ4v) is 3.61. The van der Waals surface area contributed by atoms with Crippen LogP contribution in [0.3, 0.4) is 0 Å². The summed E-state index contributed by atoms with van der Waals surface area (Å²) in [6.07, 6.45) is 0.901. The van der Waals surface area contributed by atoms with Crippen molar-refractivity contribution in [2.45, 2.75) is 27.2 Å². The number of nitrogens with zero attached hydrogens (tertiary/aromatic N) is 1. The highest BCUT2D eigenvalue weighted by atomic mass is 32.1. The highest BCUT2D eigenvalue weighted by Crippen LogP contribution is 2.33. The van der Waals surface area contributed by atoms with E-state index in [0.29, 0.717) is 46.6 Å². The van der Waals surface area contributed by atoms with Crippen LogP contribution in [0.4, 0.5) is 5.69 Å². The molecule has 0 bridgehead atoms. The lowest BCUT2D eigenvalue weighted by molar-refractivity contribution is 0.0977. The Hall–Kier alpha value is -3.91. The average Bonchev–Trinajstić information content (AvgIpc) is 3.25. The van der Waals surface area contributed by atoms with Gasteiger partial charge in [-0.25, -0.2) is 4.98 Å². The van der Waals surface area contributed by atoms with Gasteiger partial charge in [0.1, 0.15) is 17.0 Å². The fraction of sp³-hybridized carbons (Fsp3) is 0.222. The molecule has 1 aromatic heterocycles. The number of fused-ring (bicyclic) bond motifs is 1. The highest BCUT2D eigenvalue weighted by molar-refractivity contribution is 7.80. The van der Waals surface area contributed by atoms with Gasteiger partial charge in [-0.1, -0.05) is 26.8 Å². The van der Waals surface area contributed by atoms with E-state index in [4.69, 9.17) is 21.4 Å². The Bertz CT molecular complexity index is 1360. The molecule has 8 heteroatoms. The molecule has 0 aliphatic heterocycles. The Morgan fingerprint density at radius 2 is 1.89 bits per heavy atom. The number of carbonyl (C=O) groups excluding carboxylic acids is 1. The number of rotatable bonds is 7. The minimum Gasteiger partial charge on any atom is -0.507 e. The molecule has 180 valence electrons. The molecule has 0 fully saturated rings. The van der Waals surface area contributed by atoms with Crippen LogP contribution in [0.25, 0.3) is 22.6 Å². The third-order valence-electron chi connectivity index (χ3n) is 5.27. The molecule has 0 saturated carbocycles. The summed E-state index contributed by atoms with van der Waals surface area (Å²) >= 11 is 5.26. The maximum atomic E-state index is 12.5. The average molecular weight is 490 g/mol. The predicted molar refractivity (Wildman–Crippen MR) is 141 cm³/mol. The first-order chi connectivity index (χ1) is 16.8. The number of aryl methyl sites for hydroxylation is 1. The molecule has 1 heterocycles. The van der Waals surface area contributed by atoms with Gasteiger partial charge in [-0.15, -0.1) is 0 Å². The van der Waals surface area contributed by atoms with Gasteiger partial charge in [-0.3, -0.25) is 10.1 Å². The van der Waals surface area contributed by atoms with E-state index in [9.17, 15) is 9.90 Å². The molecule has 7 nitrogen and oxygen atoms in total. The molecule has 0 aliphatic carbocycles. The van der Waals surface area contributed by atoms with Gasteiger partial charge >= 0.3 is 0 Å². The summed E-state index contributed by atoms with van der Waals surface area (Å²) in [5.74, 6) is 1.07. The summed E-state index contributed by atoms with van der Waals surface area (Å²) in [5.41, 5.74) is 3.97. The zero-order chi connectivity index (χ0) is 24.9. The molecule has 35 heavy (non-hydrogen) atoms. The van der Waals surface area contributed by atoms with Crippen LogP contribution in [-0.2, 0) is 6.42 Å². The number of oxazole rings is 1. The summed E-state index contributed by atoms with van der Waals surface area (Å²) in [7, 11) is 0. The molecule has 3 aromatic carbocycles. The number of anilines is 1. The molecule has 0 radical (unpaired) electrons. The number of thiocarbonyl (C=S) groups is 1. The zero-order valence-corrected chi connectivity index (χ0v) is 20.6. The SMILES string of the molecule is CCc1ccc2oc(-c3ccc(NC(=S)NC(=O)c4ccc(OCC(C)C)cc4)cc3O)nc2c1. The van der Waals surface area contributed by atoms with Crippen LogP contribution in [-0.4, -0.2) is 27.7 Å². The van der Waals surface area contributed by atoms with E-state index in [2.05, 4.69) is 36.4 Å². The maximum absolute atomic E-state index is 12.5. The second kappa shape index (κ2) is 10.6. The van der Waals surface area contributed by atoms with Crippen molar-refractivity contribution >= 4 is 40.0 Å². The van der Waals surface area contributed by atoms with Crippen LogP contribution in [0.5, 0.6) is 11.5 Å². The van der Waals surface area contributed by atoms with Gasteiger partial charge in [0, 0.05) is 17.3 Å². The maximum Gasteiger partial charge on any atom is 0.257 e. The van der Waals surface area contributed by atoms with E-state index in [1.807, 2.05) is 18.2 Å². The molecule has 0 aliphatic rings. The van der Waals surface area contributed by atoms with Crippen LogP contribution in [0.2, 0.25) is 0 Å². The summed E-state index contributed by atoms with van der Waals surface area (Å²) in [5, 5.41) is 16.2. The second-order valence-electron chi connectivity index (χ2n) is 8.54. The molecule has 0 saturated heterocycles. The number of aromatic nitrogens is 1. The fourth-order valence-electron chi connectivity index (χ4n) is 3.40. The standard InChI is InChI=1S/C27H27N3O4S/c1-4-17-5-12-24-22(13-17)29-26(34-24)21-11-8-19(14-23(21)31)28-27(35)30-25(32)18-6-9-20(10-7-18)33-15-16(2)3/h5-14,16,31H,4,15H2,1-3H3,(H2,28,30,32,35). The number of phenols is 1. The van der Waals surface area contributed by atoms with Crippen molar-refractivity contribution in [3.63, 3.8) is 0 Å². The first-order valence-electron chi connectivity index (χ1n) is 11.4. The third-order valence-corrected chi connectivity index (χ3v) is 5.48. The topological polar surface area (TPSA) is 96.6 Å². The quantitative estimate of drug-likeness (QED) is 0.277. The minimum absolute atomic E-state index is 0.0246. The number of phenolic OH excluding ortho intramolecular Hbond substituents is 1. The van der Waals surface area contributed by atoms with E-state index >= 15 is 0 Å². The number of benzene rings is 3. The lowest BCUT2D eigenvalue weighted by Crippen LogP contribution is -2.34. The summed E-state index contributed by atoms with van der Waals surface area (Å²) in [6, 6.07) is 17.6. The van der Waals surface area contributed by atoms with Gasteiger partial charge in [-0.2, -0.15) is 0 Å². The van der Waals surface area contributed by atoms with Crippen molar-refractivity contribution in [3.8, 4) is 23.0 Å². The van der Waals surface area contributed by atoms with E-state index in [0.717, 1.165) is 17.5 Å². The van der Waals surface area contributed by atoms with E-state index in [-0.39, 0.29) is 16.8 Å². The lowest BCUT2D eigenvalue weighted by Gasteiger charge is -2.12. The molecular formula is C27H27N3O4S. The van der Waals surface area contributed by atoms with Crippen LogP contribution in [0, 0.1) is 5.92 Å². The van der Waals surface area contributed by atoms with Gasteiger partial charge < -0.3 is 19.6 Å². The minimum atomic E-state index is -0.350. The molecule has 4 rings (SSSR count). The number of amides is 1. The lowest BCUT2D eigenvalue weighted by atomic mass is 10.1. The third kappa shape index (κ3) is 5.96. The summed E-state index contributed by atoms with van der Waals surface area (Å²) < 4.78 is 11.4. The van der Waals surface area contributed by atoms with Crippen molar-refractivity contribution in [2.24, 2.45) is 5.92 Å². The van der Waals surface area contributed by atoms with E-state index in [1.54, 1.807) is 36.4 Å². The predicted octanol–water partition coefficient (Wildman–Crippen LogP) is 5.92. The van der Waals surface area contributed by atoms with Crippen molar-refractivity contribution in [3.05, 3.63) is 71.8 Å². The molecule has 0 spiro atoms. The van der Waals surface area contributed by atoms with Crippen molar-refractivity contribution in [1.29, 1.82) is 0 Å². The Morgan fingerprint density at radius 3 is 2.57 bits per heavy atom. The van der Waals surface area contributed by atoms with Gasteiger partial charge in [-0.05, 0) is 78.7 Å². The van der Waals surface area contributed by atoms with Crippen LogP contribution in [0.15, 0.2) is 65.1 Å². The smallest absolute Gasteiger partial charge is 0.257 e. The van der Waals surface area contributed by atoms with E-state index < -0.39 is 0 Å². The van der Waals surface area contributed by atoms with Crippen molar-refractivity contribution in [2.75, 3.05) is 11.9 Å². The molecule has 4 aromatic rings. The second-order valence-corrected chi connectivity index (χ2v) is 8.95. The molecular weight excluding hydrogens is 462 g/mol. The van der Waals surface area contributed by atoms with Crippen LogP contribution >= 0.6 is 12.2 Å². The molecule has 0 unspecified atom stereocenters. The van der Waals surface area contributed by atoms with Gasteiger partial charge in [0.15, 0.2) is 10.7 Å². The summed E-state index contributed by atoms with van der Waals surface area (Å²) in [4.78, 5) is 17.0. The largest absolute Gasteiger partial charge is 0.507 e. The number of aromatic hydroxyl groups is 1. The molecule has 3 N–H and O–H groups in total. The van der Waals surface area contributed by atoms with Crippen LogP contribution < -0.4 is 15.4 Å². The number of ether oxygens (including phenoxy) is 1.